The fourth-order valence-corrected chi connectivity index (χ4v) is 2.89. The molecule has 0 spiro atoms. The number of rotatable bonds is 5. The molecule has 0 radical (unpaired) electrons. The predicted octanol–water partition coefficient (Wildman–Crippen LogP) is -0.0378. The number of aromatic nitrogens is 1. The summed E-state index contributed by atoms with van der Waals surface area (Å²) in [5.74, 6) is 0.123. The molecule has 0 aromatic carbocycles. The van der Waals surface area contributed by atoms with Crippen molar-refractivity contribution in [1.82, 2.24) is 15.6 Å². The molecule has 0 bridgehead atoms. The number of carbonyl (C=O) groups is 2. The number of amides is 1. The van der Waals surface area contributed by atoms with Crippen molar-refractivity contribution in [2.24, 2.45) is 11.8 Å². The lowest BCUT2D eigenvalue weighted by Crippen LogP contribution is -2.30. The highest BCUT2D eigenvalue weighted by Crippen LogP contribution is 2.44. The van der Waals surface area contributed by atoms with E-state index in [1.807, 2.05) is 0 Å². The Bertz CT molecular complexity index is 594. The summed E-state index contributed by atoms with van der Waals surface area (Å²) in [6, 6.07) is 3.34. The number of nitrogens with one attached hydrogen (secondary N) is 2. The standard InChI is InChI=1S/C15H19N3O4/c1-16-5-9-3-8(4-12(17-9)15(20)21-2)14(19)18-13-10-6-22-7-11(10)13/h3-4,10-11,13,16H,5-7H2,1-2H3,(H,18,19)/t10-,11+,13?. The van der Waals surface area contributed by atoms with Crippen LogP contribution in [0.2, 0.25) is 0 Å². The van der Waals surface area contributed by atoms with Gasteiger partial charge in [-0.25, -0.2) is 9.78 Å². The first kappa shape index (κ1) is 14.9. The molecular formula is C15H19N3O4. The average Bonchev–Trinajstić information content (AvgIpc) is 2.96. The summed E-state index contributed by atoms with van der Waals surface area (Å²) in [7, 11) is 3.07. The Labute approximate surface area is 128 Å². The Kier molecular flexibility index (Phi) is 4.08. The van der Waals surface area contributed by atoms with Crippen LogP contribution in [0.1, 0.15) is 26.5 Å². The number of methoxy groups -OCH3 is 1. The highest BCUT2D eigenvalue weighted by atomic mass is 16.5. The Hall–Kier alpha value is -1.99. The van der Waals surface area contributed by atoms with Gasteiger partial charge in [-0.3, -0.25) is 4.79 Å². The van der Waals surface area contributed by atoms with Crippen molar-refractivity contribution in [2.75, 3.05) is 27.4 Å². The van der Waals surface area contributed by atoms with E-state index in [2.05, 4.69) is 20.4 Å². The molecule has 2 N–H and O–H groups in total. The van der Waals surface area contributed by atoms with Gasteiger partial charge in [-0.2, -0.15) is 0 Å². The van der Waals surface area contributed by atoms with Crippen molar-refractivity contribution in [3.8, 4) is 0 Å². The lowest BCUT2D eigenvalue weighted by Gasteiger charge is -2.10. The van der Waals surface area contributed by atoms with Crippen LogP contribution in [-0.4, -0.2) is 50.3 Å². The van der Waals surface area contributed by atoms with Gasteiger partial charge in [-0.05, 0) is 19.2 Å². The average molecular weight is 305 g/mol. The van der Waals surface area contributed by atoms with Gasteiger partial charge in [-0.1, -0.05) is 0 Å². The summed E-state index contributed by atoms with van der Waals surface area (Å²) in [4.78, 5) is 28.3. The molecule has 118 valence electrons. The van der Waals surface area contributed by atoms with Crippen LogP contribution in [0.25, 0.3) is 0 Å². The van der Waals surface area contributed by atoms with Gasteiger partial charge in [0.15, 0.2) is 0 Å². The zero-order valence-corrected chi connectivity index (χ0v) is 12.6. The minimum Gasteiger partial charge on any atom is -0.464 e. The Balaban J connectivity index is 1.77. The Morgan fingerprint density at radius 2 is 2.09 bits per heavy atom. The van der Waals surface area contributed by atoms with E-state index in [1.165, 1.54) is 13.2 Å². The SMILES string of the molecule is CNCc1cc(C(=O)NC2[C@H]3COC[C@@H]23)cc(C(=O)OC)n1. The quantitative estimate of drug-likeness (QED) is 0.742. The van der Waals surface area contributed by atoms with E-state index in [-0.39, 0.29) is 17.6 Å². The van der Waals surface area contributed by atoms with Crippen LogP contribution >= 0.6 is 0 Å². The van der Waals surface area contributed by atoms with Crippen LogP contribution in [0.5, 0.6) is 0 Å². The first-order chi connectivity index (χ1) is 10.6. The number of fused-ring (bicyclic) bond motifs is 1. The molecule has 1 aromatic rings. The molecule has 2 heterocycles. The van der Waals surface area contributed by atoms with Crippen LogP contribution < -0.4 is 10.6 Å². The summed E-state index contributed by atoms with van der Waals surface area (Å²) in [5.41, 5.74) is 1.18. The second-order valence-corrected chi connectivity index (χ2v) is 5.62. The number of hydrogen-bond donors (Lipinski definition) is 2. The van der Waals surface area contributed by atoms with Gasteiger partial charge in [0.2, 0.25) is 0 Å². The summed E-state index contributed by atoms with van der Waals surface area (Å²) >= 11 is 0. The van der Waals surface area contributed by atoms with Gasteiger partial charge in [0.25, 0.3) is 5.91 Å². The normalized spacial score (nSPS) is 25.5. The van der Waals surface area contributed by atoms with E-state index < -0.39 is 5.97 Å². The van der Waals surface area contributed by atoms with E-state index in [4.69, 9.17) is 4.74 Å². The molecule has 7 heteroatoms. The van der Waals surface area contributed by atoms with Crippen molar-refractivity contribution in [1.29, 1.82) is 0 Å². The molecule has 2 fully saturated rings. The molecule has 1 unspecified atom stereocenters. The third-order valence-electron chi connectivity index (χ3n) is 4.14. The number of hydrogen-bond acceptors (Lipinski definition) is 6. The van der Waals surface area contributed by atoms with Gasteiger partial charge in [-0.15, -0.1) is 0 Å². The summed E-state index contributed by atoms with van der Waals surface area (Å²) < 4.78 is 10.00. The smallest absolute Gasteiger partial charge is 0.356 e. The highest BCUT2D eigenvalue weighted by molar-refractivity contribution is 5.97. The zero-order chi connectivity index (χ0) is 15.7. The van der Waals surface area contributed by atoms with Gasteiger partial charge >= 0.3 is 5.97 Å². The largest absolute Gasteiger partial charge is 0.464 e. The van der Waals surface area contributed by atoms with Gasteiger partial charge in [0, 0.05) is 30.0 Å². The fourth-order valence-electron chi connectivity index (χ4n) is 2.89. The third kappa shape index (κ3) is 2.82. The zero-order valence-electron chi connectivity index (χ0n) is 12.6. The fraction of sp³-hybridized carbons (Fsp3) is 0.533. The van der Waals surface area contributed by atoms with Crippen molar-refractivity contribution in [2.45, 2.75) is 12.6 Å². The molecule has 1 aliphatic heterocycles. The van der Waals surface area contributed by atoms with Crippen LogP contribution in [0, 0.1) is 11.8 Å². The first-order valence-electron chi connectivity index (χ1n) is 7.26. The second-order valence-electron chi connectivity index (χ2n) is 5.62. The van der Waals surface area contributed by atoms with Crippen LogP contribution in [0.3, 0.4) is 0 Å². The lowest BCUT2D eigenvalue weighted by molar-refractivity contribution is 0.0593. The van der Waals surface area contributed by atoms with Crippen LogP contribution in [0.4, 0.5) is 0 Å². The van der Waals surface area contributed by atoms with Crippen molar-refractivity contribution in [3.63, 3.8) is 0 Å². The summed E-state index contributed by atoms with van der Waals surface area (Å²) in [6.07, 6.45) is 0. The van der Waals surface area contributed by atoms with Crippen LogP contribution in [0.15, 0.2) is 12.1 Å². The number of pyridine rings is 1. The molecule has 2 aliphatic rings. The van der Waals surface area contributed by atoms with Crippen LogP contribution in [-0.2, 0) is 16.0 Å². The number of esters is 1. The number of ether oxygens (including phenoxy) is 2. The van der Waals surface area contributed by atoms with E-state index >= 15 is 0 Å². The highest BCUT2D eigenvalue weighted by Gasteiger charge is 2.54. The maximum atomic E-state index is 12.4. The maximum absolute atomic E-state index is 12.4. The van der Waals surface area contributed by atoms with E-state index in [0.717, 1.165) is 0 Å². The summed E-state index contributed by atoms with van der Waals surface area (Å²) in [6.45, 7) is 1.89. The molecular weight excluding hydrogens is 286 g/mol. The monoisotopic (exact) mass is 305 g/mol. The number of carbonyl (C=O) groups excluding carboxylic acids is 2. The second kappa shape index (κ2) is 6.02. The van der Waals surface area contributed by atoms with Crippen molar-refractivity contribution < 1.29 is 19.1 Å². The maximum Gasteiger partial charge on any atom is 0.356 e. The predicted molar refractivity (Wildman–Crippen MR) is 77.4 cm³/mol. The van der Waals surface area contributed by atoms with Crippen molar-refractivity contribution in [3.05, 3.63) is 29.1 Å². The molecule has 1 amide bonds. The first-order valence-corrected chi connectivity index (χ1v) is 7.26. The van der Waals surface area contributed by atoms with Gasteiger partial charge in [0.05, 0.1) is 26.0 Å². The van der Waals surface area contributed by atoms with Crippen molar-refractivity contribution >= 4 is 11.9 Å². The van der Waals surface area contributed by atoms with E-state index in [1.54, 1.807) is 13.1 Å². The van der Waals surface area contributed by atoms with Gasteiger partial charge in [0.1, 0.15) is 5.69 Å². The molecule has 1 saturated heterocycles. The molecule has 3 rings (SSSR count). The Morgan fingerprint density at radius 3 is 2.73 bits per heavy atom. The molecule has 1 aliphatic carbocycles. The van der Waals surface area contributed by atoms with E-state index in [9.17, 15) is 9.59 Å². The summed E-state index contributed by atoms with van der Waals surface area (Å²) in [5, 5.41) is 5.96. The van der Waals surface area contributed by atoms with Gasteiger partial charge < -0.3 is 20.1 Å². The minimum absolute atomic E-state index is 0.139. The topological polar surface area (TPSA) is 89.6 Å². The van der Waals surface area contributed by atoms with E-state index in [0.29, 0.717) is 42.9 Å². The Morgan fingerprint density at radius 1 is 1.36 bits per heavy atom. The third-order valence-corrected chi connectivity index (χ3v) is 4.14. The molecule has 1 aromatic heterocycles. The molecule has 3 atom stereocenters. The molecule has 7 nitrogen and oxygen atoms in total. The number of nitrogens with zero attached hydrogens (tertiary/aromatic N) is 1. The molecule has 1 saturated carbocycles. The lowest BCUT2D eigenvalue weighted by atomic mass is 10.1. The molecule has 22 heavy (non-hydrogen) atoms. The minimum atomic E-state index is -0.552.